The Hall–Kier alpha value is -4.38. The maximum Gasteiger partial charge on any atom is 0.346 e. The average Bonchev–Trinajstić information content (AvgIpc) is 3.13. The van der Waals surface area contributed by atoms with Gasteiger partial charge in [0.2, 0.25) is 0 Å². The zero-order valence-electron chi connectivity index (χ0n) is 31.3. The molecule has 2 rings (SSSR count). The van der Waals surface area contributed by atoms with E-state index in [4.69, 9.17) is 66.3 Å². The number of methoxy groups -OCH3 is 8. The highest BCUT2D eigenvalue weighted by atomic mass is 16.7. The lowest BCUT2D eigenvalue weighted by Gasteiger charge is -2.24. The van der Waals surface area contributed by atoms with Gasteiger partial charge in [0.05, 0.1) is 41.7 Å². The Morgan fingerprint density at radius 2 is 0.725 bits per heavy atom. The van der Waals surface area contributed by atoms with E-state index in [0.717, 1.165) is 0 Å². The minimum atomic E-state index is -0.689. The van der Waals surface area contributed by atoms with Crippen molar-refractivity contribution in [3.05, 3.63) is 22.3 Å². The van der Waals surface area contributed by atoms with Crippen LogP contribution < -0.4 is 37.9 Å². The van der Waals surface area contributed by atoms with Crippen LogP contribution in [0.1, 0.15) is 65.0 Å². The molecular weight excluding hydrogens is 676 g/mol. The summed E-state index contributed by atoms with van der Waals surface area (Å²) in [5.74, 6) is 0.0472. The van der Waals surface area contributed by atoms with E-state index in [-0.39, 0.29) is 97.5 Å². The largest absolute Gasteiger partial charge is 0.492 e. The van der Waals surface area contributed by atoms with Gasteiger partial charge in [0.25, 0.3) is 0 Å². The molecule has 0 spiro atoms. The first-order valence-electron chi connectivity index (χ1n) is 16.2. The predicted octanol–water partition coefficient (Wildman–Crippen LogP) is 4.96. The zero-order valence-corrected chi connectivity index (χ0v) is 31.3. The van der Waals surface area contributed by atoms with E-state index in [1.165, 1.54) is 56.9 Å². The molecule has 288 valence electrons. The molecule has 0 aliphatic carbocycles. The first kappa shape index (κ1) is 42.8. The topological polar surface area (TPSA) is 163 Å². The van der Waals surface area contributed by atoms with E-state index >= 15 is 0 Å². The van der Waals surface area contributed by atoms with Crippen LogP contribution in [-0.4, -0.2) is 109 Å². The molecule has 16 heteroatoms. The van der Waals surface area contributed by atoms with Crippen molar-refractivity contribution in [3.63, 3.8) is 0 Å². The van der Waals surface area contributed by atoms with Crippen LogP contribution in [0, 0.1) is 0 Å². The molecule has 0 aliphatic heterocycles. The summed E-state index contributed by atoms with van der Waals surface area (Å²) in [6.45, 7) is 3.00. The van der Waals surface area contributed by atoms with Crippen molar-refractivity contribution in [2.45, 2.75) is 46.0 Å². The summed E-state index contributed by atoms with van der Waals surface area (Å²) in [7, 11) is 11.6. The molecule has 0 N–H and O–H groups in total. The summed E-state index contributed by atoms with van der Waals surface area (Å²) >= 11 is 0. The summed E-state index contributed by atoms with van der Waals surface area (Å²) in [6.07, 6.45) is 2.75. The lowest BCUT2D eigenvalue weighted by molar-refractivity contribution is 0.0383. The molecule has 0 radical (unpaired) electrons. The molecule has 0 aliphatic rings. The van der Waals surface area contributed by atoms with Crippen molar-refractivity contribution in [1.29, 1.82) is 0 Å². The van der Waals surface area contributed by atoms with Gasteiger partial charge in [-0.2, -0.15) is 0 Å². The fourth-order valence-corrected chi connectivity index (χ4v) is 5.30. The Morgan fingerprint density at radius 3 is 1.00 bits per heavy atom. The summed E-state index contributed by atoms with van der Waals surface area (Å²) < 4.78 is 77.9. The van der Waals surface area contributed by atoms with Gasteiger partial charge in [-0.05, 0) is 39.5 Å². The van der Waals surface area contributed by atoms with Crippen LogP contribution in [0.2, 0.25) is 0 Å². The zero-order chi connectivity index (χ0) is 37.8. The van der Waals surface area contributed by atoms with E-state index in [9.17, 15) is 9.59 Å². The molecule has 0 atom stereocenters. The van der Waals surface area contributed by atoms with Gasteiger partial charge in [0.1, 0.15) is 0 Å². The Bertz CT molecular complexity index is 1290. The third-order valence-corrected chi connectivity index (χ3v) is 7.24. The number of benzene rings is 2. The molecule has 0 saturated heterocycles. The third-order valence-electron chi connectivity index (χ3n) is 7.24. The molecule has 0 saturated carbocycles. The molecule has 51 heavy (non-hydrogen) atoms. The summed E-state index contributed by atoms with van der Waals surface area (Å²) in [6, 6.07) is 0. The summed E-state index contributed by atoms with van der Waals surface area (Å²) in [5.41, 5.74) is 1.15. The Kier molecular flexibility index (Phi) is 19.4. The number of esters is 2. The molecular formula is C35H52O16. The van der Waals surface area contributed by atoms with Crippen LogP contribution in [0.25, 0.3) is 0 Å². The normalized spacial score (nSPS) is 10.7. The number of carbonyl (C=O) groups excluding carboxylic acids is 2. The quantitative estimate of drug-likeness (QED) is 0.0725. The molecule has 2 aromatic carbocycles. The van der Waals surface area contributed by atoms with Gasteiger partial charge in [-0.1, -0.05) is 6.42 Å². The molecule has 0 fully saturated rings. The number of hydrogen-bond acceptors (Lipinski definition) is 16. The minimum Gasteiger partial charge on any atom is -0.492 e. The van der Waals surface area contributed by atoms with Crippen LogP contribution in [0.3, 0.4) is 0 Å². The van der Waals surface area contributed by atoms with Crippen molar-refractivity contribution >= 4 is 11.9 Å². The Labute approximate surface area is 299 Å². The molecule has 0 amide bonds. The molecule has 0 bridgehead atoms. The Balaban J connectivity index is 2.59. The van der Waals surface area contributed by atoms with E-state index in [0.29, 0.717) is 43.2 Å². The SMILES string of the molecule is CCOC(=O)c1c(OC)c(OCOC)c(CCCCCc2c(OCOC)c(OC)c(C(=O)OCC)c(OCOC)c2OC)c(OC)c1OCOC. The second-order valence-electron chi connectivity index (χ2n) is 10.4. The van der Waals surface area contributed by atoms with Gasteiger partial charge in [-0.25, -0.2) is 9.59 Å². The maximum atomic E-state index is 13.2. The average molecular weight is 729 g/mol. The second-order valence-corrected chi connectivity index (χ2v) is 10.4. The van der Waals surface area contributed by atoms with Gasteiger partial charge in [0, 0.05) is 39.6 Å². The Morgan fingerprint density at radius 1 is 0.412 bits per heavy atom. The highest BCUT2D eigenvalue weighted by Gasteiger charge is 2.34. The van der Waals surface area contributed by atoms with Crippen LogP contribution in [0.5, 0.6) is 46.0 Å². The second kappa shape index (κ2) is 23.2. The van der Waals surface area contributed by atoms with Crippen molar-refractivity contribution in [3.8, 4) is 46.0 Å². The van der Waals surface area contributed by atoms with Crippen LogP contribution >= 0.6 is 0 Å². The van der Waals surface area contributed by atoms with E-state index in [2.05, 4.69) is 0 Å². The highest BCUT2D eigenvalue weighted by Crippen LogP contribution is 2.51. The van der Waals surface area contributed by atoms with Gasteiger partial charge in [-0.15, -0.1) is 0 Å². The molecule has 2 aromatic rings. The van der Waals surface area contributed by atoms with Crippen molar-refractivity contribution in [2.75, 3.05) is 97.3 Å². The van der Waals surface area contributed by atoms with Crippen molar-refractivity contribution in [1.82, 2.24) is 0 Å². The molecule has 0 aromatic heterocycles. The molecule has 0 heterocycles. The van der Waals surface area contributed by atoms with Crippen LogP contribution in [-0.2, 0) is 41.3 Å². The lowest BCUT2D eigenvalue weighted by Crippen LogP contribution is -2.16. The van der Waals surface area contributed by atoms with Gasteiger partial charge in [-0.3, -0.25) is 0 Å². The van der Waals surface area contributed by atoms with Crippen molar-refractivity contribution in [2.24, 2.45) is 0 Å². The smallest absolute Gasteiger partial charge is 0.346 e. The standard InChI is InChI=1S/C35H52O16/c1-11-46-34(36)24-30(44-9)28(48-18-38-3)22(26(42-7)32(24)50-20-40-5)16-14-13-15-17-23-27(43-8)33(51-21-41-6)25(35(37)47-12-2)31(45-10)29(23)49-19-39-4/h11-21H2,1-10H3. The number of carbonyl (C=O) groups is 2. The van der Waals surface area contributed by atoms with Crippen LogP contribution in [0.15, 0.2) is 0 Å². The van der Waals surface area contributed by atoms with Gasteiger partial charge < -0.3 is 66.3 Å². The molecule has 16 nitrogen and oxygen atoms in total. The van der Waals surface area contributed by atoms with E-state index < -0.39 is 11.9 Å². The fraction of sp³-hybridized carbons (Fsp3) is 0.600. The monoisotopic (exact) mass is 728 g/mol. The maximum absolute atomic E-state index is 13.2. The lowest BCUT2D eigenvalue weighted by atomic mass is 9.97. The first-order chi connectivity index (χ1) is 24.8. The minimum absolute atomic E-state index is 0.00880. The number of hydrogen-bond donors (Lipinski definition) is 0. The van der Waals surface area contributed by atoms with E-state index in [1.54, 1.807) is 13.8 Å². The summed E-state index contributed by atoms with van der Waals surface area (Å²) in [4.78, 5) is 26.3. The highest BCUT2D eigenvalue weighted by molar-refractivity contribution is 5.99. The van der Waals surface area contributed by atoms with Gasteiger partial charge >= 0.3 is 11.9 Å². The predicted molar refractivity (Wildman–Crippen MR) is 182 cm³/mol. The third kappa shape index (κ3) is 10.8. The van der Waals surface area contributed by atoms with E-state index in [1.807, 2.05) is 0 Å². The van der Waals surface area contributed by atoms with Gasteiger partial charge in [0.15, 0.2) is 84.3 Å². The van der Waals surface area contributed by atoms with Crippen LogP contribution in [0.4, 0.5) is 0 Å². The summed E-state index contributed by atoms with van der Waals surface area (Å²) in [5, 5.41) is 0. The van der Waals surface area contributed by atoms with Crippen molar-refractivity contribution < 1.29 is 75.9 Å². The fourth-order valence-electron chi connectivity index (χ4n) is 5.30. The number of ether oxygens (including phenoxy) is 14. The first-order valence-corrected chi connectivity index (χ1v) is 16.2. The molecule has 0 unspecified atom stereocenters. The number of rotatable bonds is 26. The number of unbranched alkanes of at least 4 members (excludes halogenated alkanes) is 2.